The van der Waals surface area contributed by atoms with E-state index in [0.29, 0.717) is 18.7 Å². The fourth-order valence-corrected chi connectivity index (χ4v) is 3.12. The summed E-state index contributed by atoms with van der Waals surface area (Å²) >= 11 is 0. The van der Waals surface area contributed by atoms with Crippen LogP contribution in [0.25, 0.3) is 6.08 Å². The third-order valence-electron chi connectivity index (χ3n) is 3.73. The minimum absolute atomic E-state index is 0.142. The van der Waals surface area contributed by atoms with Crippen LogP contribution in [0.3, 0.4) is 0 Å². The SMILES string of the molecule is CNS(=O)(=O)c1ccc(/C=C/C(=O)N2CCOC(CC(=O)O)C2)cc1. The van der Waals surface area contributed by atoms with Crippen molar-refractivity contribution in [3.63, 3.8) is 0 Å². The molecule has 8 nitrogen and oxygen atoms in total. The van der Waals surface area contributed by atoms with Crippen LogP contribution in [0, 0.1) is 0 Å². The lowest BCUT2D eigenvalue weighted by atomic mass is 10.2. The molecule has 1 saturated heterocycles. The van der Waals surface area contributed by atoms with Crippen LogP contribution in [0.5, 0.6) is 0 Å². The number of rotatable bonds is 6. The van der Waals surface area contributed by atoms with Crippen LogP contribution < -0.4 is 4.72 Å². The first-order valence-electron chi connectivity index (χ1n) is 7.66. The summed E-state index contributed by atoms with van der Waals surface area (Å²) in [4.78, 5) is 24.6. The molecule has 1 fully saturated rings. The number of ether oxygens (including phenoxy) is 1. The van der Waals surface area contributed by atoms with Crippen molar-refractivity contribution in [3.05, 3.63) is 35.9 Å². The van der Waals surface area contributed by atoms with Gasteiger partial charge in [0.1, 0.15) is 0 Å². The minimum Gasteiger partial charge on any atom is -0.481 e. The first-order valence-corrected chi connectivity index (χ1v) is 9.14. The molecular weight excluding hydrogens is 348 g/mol. The molecule has 1 amide bonds. The number of aliphatic carboxylic acids is 1. The Bertz CT molecular complexity index is 757. The van der Waals surface area contributed by atoms with Crippen LogP contribution in [0.4, 0.5) is 0 Å². The molecule has 25 heavy (non-hydrogen) atoms. The highest BCUT2D eigenvalue weighted by Crippen LogP contribution is 2.13. The van der Waals surface area contributed by atoms with Crippen molar-refractivity contribution < 1.29 is 27.9 Å². The van der Waals surface area contributed by atoms with Gasteiger partial charge in [0.25, 0.3) is 0 Å². The molecule has 0 aliphatic carbocycles. The predicted molar refractivity (Wildman–Crippen MR) is 90.3 cm³/mol. The maximum atomic E-state index is 12.2. The fourth-order valence-electron chi connectivity index (χ4n) is 2.39. The van der Waals surface area contributed by atoms with Gasteiger partial charge in [-0.1, -0.05) is 12.1 Å². The number of sulfonamides is 1. The van der Waals surface area contributed by atoms with E-state index in [1.807, 2.05) is 0 Å². The Morgan fingerprint density at radius 3 is 2.64 bits per heavy atom. The number of hydrogen-bond donors (Lipinski definition) is 2. The number of amides is 1. The number of carboxylic acid groups (broad SMARTS) is 1. The maximum Gasteiger partial charge on any atom is 0.306 e. The summed E-state index contributed by atoms with van der Waals surface area (Å²) in [5.41, 5.74) is 0.679. The Kier molecular flexibility index (Phi) is 6.29. The zero-order chi connectivity index (χ0) is 18.4. The minimum atomic E-state index is -3.49. The van der Waals surface area contributed by atoms with E-state index >= 15 is 0 Å². The molecule has 1 heterocycles. The van der Waals surface area contributed by atoms with Gasteiger partial charge in [-0.15, -0.1) is 0 Å². The highest BCUT2D eigenvalue weighted by atomic mass is 32.2. The highest BCUT2D eigenvalue weighted by Gasteiger charge is 2.24. The van der Waals surface area contributed by atoms with Crippen molar-refractivity contribution in [3.8, 4) is 0 Å². The van der Waals surface area contributed by atoms with Crippen molar-refractivity contribution in [1.29, 1.82) is 0 Å². The van der Waals surface area contributed by atoms with Gasteiger partial charge in [-0.3, -0.25) is 9.59 Å². The lowest BCUT2D eigenvalue weighted by Crippen LogP contribution is -2.45. The van der Waals surface area contributed by atoms with Gasteiger partial charge < -0.3 is 14.7 Å². The Morgan fingerprint density at radius 2 is 2.04 bits per heavy atom. The van der Waals surface area contributed by atoms with Crippen LogP contribution in [0.15, 0.2) is 35.2 Å². The lowest BCUT2D eigenvalue weighted by molar-refractivity contribution is -0.145. The van der Waals surface area contributed by atoms with Crippen molar-refractivity contribution in [2.24, 2.45) is 0 Å². The molecular formula is C16H20N2O6S. The zero-order valence-electron chi connectivity index (χ0n) is 13.7. The Morgan fingerprint density at radius 1 is 1.36 bits per heavy atom. The smallest absolute Gasteiger partial charge is 0.306 e. The van der Waals surface area contributed by atoms with Crippen molar-refractivity contribution in [2.75, 3.05) is 26.7 Å². The summed E-state index contributed by atoms with van der Waals surface area (Å²) in [7, 11) is -2.16. The van der Waals surface area contributed by atoms with E-state index in [1.165, 1.54) is 30.2 Å². The first kappa shape index (κ1) is 19.1. The average molecular weight is 368 g/mol. The van der Waals surface area contributed by atoms with Gasteiger partial charge in [0.15, 0.2) is 0 Å². The molecule has 9 heteroatoms. The summed E-state index contributed by atoms with van der Waals surface area (Å²) in [6.07, 6.45) is 2.31. The van der Waals surface area contributed by atoms with Gasteiger partial charge in [-0.2, -0.15) is 0 Å². The molecule has 1 atom stereocenters. The average Bonchev–Trinajstić information content (AvgIpc) is 2.59. The Labute approximate surface area is 146 Å². The topological polar surface area (TPSA) is 113 Å². The molecule has 1 unspecified atom stereocenters. The number of hydrogen-bond acceptors (Lipinski definition) is 5. The maximum absolute atomic E-state index is 12.2. The number of carbonyl (C=O) groups excluding carboxylic acids is 1. The molecule has 0 aromatic heterocycles. The van der Waals surface area contributed by atoms with Gasteiger partial charge in [0.2, 0.25) is 15.9 Å². The van der Waals surface area contributed by atoms with E-state index in [-0.39, 0.29) is 23.8 Å². The quantitative estimate of drug-likeness (QED) is 0.699. The van der Waals surface area contributed by atoms with E-state index < -0.39 is 22.1 Å². The van der Waals surface area contributed by atoms with Gasteiger partial charge in [-0.05, 0) is 30.8 Å². The normalized spacial score (nSPS) is 18.4. The summed E-state index contributed by atoms with van der Waals surface area (Å²) in [5.74, 6) is -1.21. The number of carbonyl (C=O) groups is 2. The molecule has 1 aliphatic heterocycles. The van der Waals surface area contributed by atoms with Gasteiger partial charge in [-0.25, -0.2) is 13.1 Å². The van der Waals surface area contributed by atoms with Crippen LogP contribution in [-0.4, -0.2) is 63.1 Å². The molecule has 136 valence electrons. The first-order chi connectivity index (χ1) is 11.8. The molecule has 0 bridgehead atoms. The lowest BCUT2D eigenvalue weighted by Gasteiger charge is -2.31. The molecule has 2 N–H and O–H groups in total. The van der Waals surface area contributed by atoms with Crippen LogP contribution in [0.2, 0.25) is 0 Å². The third kappa shape index (κ3) is 5.38. The second kappa shape index (κ2) is 8.24. The Hall–Kier alpha value is -2.23. The summed E-state index contributed by atoms with van der Waals surface area (Å²) in [5, 5.41) is 8.80. The summed E-state index contributed by atoms with van der Waals surface area (Å²) in [6.45, 7) is 0.932. The van der Waals surface area contributed by atoms with Gasteiger partial charge in [0.05, 0.1) is 24.0 Å². The van der Waals surface area contributed by atoms with E-state index in [0.717, 1.165) is 0 Å². The van der Waals surface area contributed by atoms with Gasteiger partial charge >= 0.3 is 5.97 Å². The van der Waals surface area contributed by atoms with Crippen LogP contribution >= 0.6 is 0 Å². The van der Waals surface area contributed by atoms with Crippen molar-refractivity contribution in [1.82, 2.24) is 9.62 Å². The number of carboxylic acids is 1. The standard InChI is InChI=1S/C16H20N2O6S/c1-17-25(22,23)14-5-2-12(3-6-14)4-7-15(19)18-8-9-24-13(11-18)10-16(20)21/h2-7,13,17H,8-11H2,1H3,(H,20,21)/b7-4+. The Balaban J connectivity index is 1.99. The molecule has 0 spiro atoms. The van der Waals surface area contributed by atoms with Crippen LogP contribution in [-0.2, 0) is 24.3 Å². The molecule has 0 radical (unpaired) electrons. The third-order valence-corrected chi connectivity index (χ3v) is 5.16. The van der Waals surface area contributed by atoms with E-state index in [4.69, 9.17) is 9.84 Å². The largest absolute Gasteiger partial charge is 0.481 e. The number of morpholine rings is 1. The van der Waals surface area contributed by atoms with E-state index in [1.54, 1.807) is 18.2 Å². The second-order valence-electron chi connectivity index (χ2n) is 5.48. The van der Waals surface area contributed by atoms with Crippen molar-refractivity contribution >= 4 is 28.0 Å². The van der Waals surface area contributed by atoms with Crippen LogP contribution in [0.1, 0.15) is 12.0 Å². The summed E-state index contributed by atoms with van der Waals surface area (Å²) < 4.78 is 30.9. The van der Waals surface area contributed by atoms with Crippen molar-refractivity contribution in [2.45, 2.75) is 17.4 Å². The fraction of sp³-hybridized carbons (Fsp3) is 0.375. The zero-order valence-corrected chi connectivity index (χ0v) is 14.5. The molecule has 1 aliphatic rings. The van der Waals surface area contributed by atoms with Gasteiger partial charge in [0, 0.05) is 19.2 Å². The highest BCUT2D eigenvalue weighted by molar-refractivity contribution is 7.89. The molecule has 1 aromatic rings. The van der Waals surface area contributed by atoms with E-state index in [9.17, 15) is 18.0 Å². The number of nitrogens with zero attached hydrogens (tertiary/aromatic N) is 1. The number of nitrogens with one attached hydrogen (secondary N) is 1. The molecule has 0 saturated carbocycles. The summed E-state index contributed by atoms with van der Waals surface area (Å²) in [6, 6.07) is 6.10. The molecule has 1 aromatic carbocycles. The molecule has 2 rings (SSSR count). The monoisotopic (exact) mass is 368 g/mol. The predicted octanol–water partition coefficient (Wildman–Crippen LogP) is 0.310. The number of benzene rings is 1. The van der Waals surface area contributed by atoms with E-state index in [2.05, 4.69) is 4.72 Å². The second-order valence-corrected chi connectivity index (χ2v) is 7.37.